The largest absolute Gasteiger partial charge is 0.377 e. The summed E-state index contributed by atoms with van der Waals surface area (Å²) in [5, 5.41) is 11.8. The quantitative estimate of drug-likeness (QED) is 0.719. The van der Waals surface area contributed by atoms with Crippen LogP contribution >= 0.6 is 0 Å². The Hall–Kier alpha value is -1.02. The molecule has 1 aromatic rings. The van der Waals surface area contributed by atoms with Crippen LogP contribution in [0.1, 0.15) is 31.4 Å². The molecule has 1 radical (unpaired) electrons. The van der Waals surface area contributed by atoms with Crippen molar-refractivity contribution in [2.75, 3.05) is 19.0 Å². The molecule has 1 aromatic carbocycles. The van der Waals surface area contributed by atoms with E-state index in [4.69, 9.17) is 0 Å². The Kier molecular flexibility index (Phi) is 3.96. The highest BCUT2D eigenvalue weighted by Gasteiger charge is 2.13. The lowest BCUT2D eigenvalue weighted by Crippen LogP contribution is -2.12. The fraction of sp³-hybridized carbons (Fsp3) is 0.500. The molecule has 0 fully saturated rings. The lowest BCUT2D eigenvalue weighted by molar-refractivity contribution is 0.0809. The highest BCUT2D eigenvalue weighted by Crippen LogP contribution is 2.27. The van der Waals surface area contributed by atoms with Crippen LogP contribution in [-0.4, -0.2) is 14.1 Å². The molecule has 0 amide bonds. The van der Waals surface area contributed by atoms with E-state index in [-0.39, 0.29) is 0 Å². The maximum atomic E-state index is 11.8. The van der Waals surface area contributed by atoms with Crippen molar-refractivity contribution < 1.29 is 5.11 Å². The second kappa shape index (κ2) is 5.01. The number of para-hydroxylation sites is 1. The van der Waals surface area contributed by atoms with Gasteiger partial charge in [0.1, 0.15) is 6.10 Å². The lowest BCUT2D eigenvalue weighted by Gasteiger charge is -2.19. The Morgan fingerprint density at radius 1 is 1.29 bits per heavy atom. The van der Waals surface area contributed by atoms with E-state index in [0.717, 1.165) is 17.7 Å². The number of benzene rings is 1. The topological polar surface area (TPSA) is 23.1 Å². The van der Waals surface area contributed by atoms with Crippen LogP contribution in [0.2, 0.25) is 0 Å². The molecule has 0 saturated heterocycles. The van der Waals surface area contributed by atoms with E-state index in [1.807, 2.05) is 50.2 Å². The Morgan fingerprint density at radius 2 is 1.93 bits per heavy atom. The SMILES string of the molecule is CCCC([O])c1ccccc1N(C)C. The van der Waals surface area contributed by atoms with Crippen molar-refractivity contribution in [2.45, 2.75) is 25.9 Å². The molecule has 0 spiro atoms. The molecule has 2 heteroatoms. The zero-order valence-corrected chi connectivity index (χ0v) is 9.16. The molecule has 0 heterocycles. The normalized spacial score (nSPS) is 12.6. The van der Waals surface area contributed by atoms with Gasteiger partial charge in [-0.3, -0.25) is 0 Å². The monoisotopic (exact) mass is 192 g/mol. The van der Waals surface area contributed by atoms with Crippen LogP contribution in [0.25, 0.3) is 0 Å². The second-order valence-electron chi connectivity index (χ2n) is 3.73. The molecule has 0 N–H and O–H groups in total. The highest BCUT2D eigenvalue weighted by molar-refractivity contribution is 5.53. The van der Waals surface area contributed by atoms with Gasteiger partial charge in [-0.25, -0.2) is 5.11 Å². The first kappa shape index (κ1) is 11.1. The number of hydrogen-bond acceptors (Lipinski definition) is 1. The van der Waals surface area contributed by atoms with E-state index in [1.54, 1.807) is 0 Å². The van der Waals surface area contributed by atoms with Gasteiger partial charge < -0.3 is 4.90 Å². The third-order valence-electron chi connectivity index (χ3n) is 2.32. The third-order valence-corrected chi connectivity index (χ3v) is 2.32. The molecular weight excluding hydrogens is 174 g/mol. The summed E-state index contributed by atoms with van der Waals surface area (Å²) in [7, 11) is 3.94. The van der Waals surface area contributed by atoms with Gasteiger partial charge >= 0.3 is 0 Å². The Morgan fingerprint density at radius 3 is 2.50 bits per heavy atom. The van der Waals surface area contributed by atoms with Crippen LogP contribution in [0.3, 0.4) is 0 Å². The van der Waals surface area contributed by atoms with Gasteiger partial charge in [-0.2, -0.15) is 0 Å². The molecule has 0 aromatic heterocycles. The molecular formula is C12H18NO. The maximum Gasteiger partial charge on any atom is 0.120 e. The summed E-state index contributed by atoms with van der Waals surface area (Å²) >= 11 is 0. The van der Waals surface area contributed by atoms with Crippen molar-refractivity contribution in [1.29, 1.82) is 0 Å². The zero-order valence-electron chi connectivity index (χ0n) is 9.16. The maximum absolute atomic E-state index is 11.8. The van der Waals surface area contributed by atoms with Gasteiger partial charge in [0.15, 0.2) is 0 Å². The van der Waals surface area contributed by atoms with E-state index in [1.165, 1.54) is 0 Å². The van der Waals surface area contributed by atoms with Crippen molar-refractivity contribution in [1.82, 2.24) is 0 Å². The van der Waals surface area contributed by atoms with Crippen LogP contribution in [0.5, 0.6) is 0 Å². The van der Waals surface area contributed by atoms with Gasteiger partial charge in [-0.05, 0) is 12.5 Å². The van der Waals surface area contributed by atoms with E-state index >= 15 is 0 Å². The van der Waals surface area contributed by atoms with Crippen LogP contribution in [0.15, 0.2) is 24.3 Å². The van der Waals surface area contributed by atoms with E-state index < -0.39 is 6.10 Å². The average Bonchev–Trinajstić information content (AvgIpc) is 2.18. The van der Waals surface area contributed by atoms with E-state index in [0.29, 0.717) is 6.42 Å². The summed E-state index contributed by atoms with van der Waals surface area (Å²) in [6, 6.07) is 7.83. The van der Waals surface area contributed by atoms with Crippen molar-refractivity contribution in [3.8, 4) is 0 Å². The van der Waals surface area contributed by atoms with E-state index in [9.17, 15) is 5.11 Å². The summed E-state index contributed by atoms with van der Waals surface area (Å²) in [5.41, 5.74) is 1.96. The molecule has 0 aliphatic rings. The molecule has 0 aliphatic heterocycles. The molecule has 77 valence electrons. The highest BCUT2D eigenvalue weighted by atomic mass is 16.3. The van der Waals surface area contributed by atoms with Crippen LogP contribution in [-0.2, 0) is 5.11 Å². The van der Waals surface area contributed by atoms with Gasteiger partial charge in [-0.1, -0.05) is 31.5 Å². The predicted octanol–water partition coefficient (Wildman–Crippen LogP) is 3.02. The number of anilines is 1. The smallest absolute Gasteiger partial charge is 0.120 e. The number of hydrogen-bond donors (Lipinski definition) is 0. The summed E-state index contributed by atoms with van der Waals surface area (Å²) in [6.07, 6.45) is 1.07. The van der Waals surface area contributed by atoms with Crippen molar-refractivity contribution >= 4 is 5.69 Å². The first-order valence-electron chi connectivity index (χ1n) is 5.09. The third kappa shape index (κ3) is 2.48. The molecule has 1 unspecified atom stereocenters. The minimum atomic E-state index is -0.585. The molecule has 1 rings (SSSR count). The summed E-state index contributed by atoms with van der Waals surface area (Å²) < 4.78 is 0. The van der Waals surface area contributed by atoms with Gasteiger partial charge in [0, 0.05) is 25.3 Å². The van der Waals surface area contributed by atoms with Crippen molar-refractivity contribution in [3.63, 3.8) is 0 Å². The van der Waals surface area contributed by atoms with E-state index in [2.05, 4.69) is 0 Å². The van der Waals surface area contributed by atoms with Gasteiger partial charge in [-0.15, -0.1) is 0 Å². The molecule has 0 bridgehead atoms. The summed E-state index contributed by atoms with van der Waals surface area (Å²) in [4.78, 5) is 2.00. The van der Waals surface area contributed by atoms with Crippen molar-refractivity contribution in [2.24, 2.45) is 0 Å². The fourth-order valence-electron chi connectivity index (χ4n) is 1.58. The minimum absolute atomic E-state index is 0.585. The molecule has 1 atom stereocenters. The summed E-state index contributed by atoms with van der Waals surface area (Å²) in [5.74, 6) is 0. The first-order chi connectivity index (χ1) is 6.66. The molecule has 2 nitrogen and oxygen atoms in total. The van der Waals surface area contributed by atoms with Crippen LogP contribution < -0.4 is 4.90 Å². The van der Waals surface area contributed by atoms with Gasteiger partial charge in [0.25, 0.3) is 0 Å². The first-order valence-corrected chi connectivity index (χ1v) is 5.09. The number of rotatable bonds is 4. The minimum Gasteiger partial charge on any atom is -0.377 e. The Balaban J connectivity index is 2.94. The van der Waals surface area contributed by atoms with Crippen LogP contribution in [0, 0.1) is 0 Å². The Labute approximate surface area is 86.2 Å². The molecule has 0 aliphatic carbocycles. The summed E-state index contributed by atoms with van der Waals surface area (Å²) in [6.45, 7) is 2.04. The Bertz CT molecular complexity index is 283. The zero-order chi connectivity index (χ0) is 10.6. The molecule has 14 heavy (non-hydrogen) atoms. The second-order valence-corrected chi connectivity index (χ2v) is 3.73. The van der Waals surface area contributed by atoms with Crippen LogP contribution in [0.4, 0.5) is 5.69 Å². The fourth-order valence-corrected chi connectivity index (χ4v) is 1.58. The van der Waals surface area contributed by atoms with Gasteiger partial charge in [0.05, 0.1) is 0 Å². The lowest BCUT2D eigenvalue weighted by atomic mass is 10.0. The van der Waals surface area contributed by atoms with Crippen molar-refractivity contribution in [3.05, 3.63) is 29.8 Å². The average molecular weight is 192 g/mol. The van der Waals surface area contributed by atoms with Gasteiger partial charge in [0.2, 0.25) is 0 Å². The predicted molar refractivity (Wildman–Crippen MR) is 59.1 cm³/mol. The standard InChI is InChI=1S/C12H18NO/c1-4-7-12(14)10-8-5-6-9-11(10)13(2)3/h5-6,8-9,12H,4,7H2,1-3H3. The molecule has 0 saturated carbocycles. The number of nitrogens with zero attached hydrogens (tertiary/aromatic N) is 1.